The summed E-state index contributed by atoms with van der Waals surface area (Å²) in [6.45, 7) is 3.38. The third-order valence-corrected chi connectivity index (χ3v) is 6.72. The number of benzene rings is 3. The molecule has 0 heterocycles. The maximum atomic E-state index is 13.4. The normalized spacial score (nSPS) is 11.1. The zero-order valence-corrected chi connectivity index (χ0v) is 19.0. The summed E-state index contributed by atoms with van der Waals surface area (Å²) in [4.78, 5) is 12.9. The lowest BCUT2D eigenvalue weighted by Crippen LogP contribution is -2.38. The van der Waals surface area contributed by atoms with Crippen molar-refractivity contribution < 1.29 is 17.9 Å². The summed E-state index contributed by atoms with van der Waals surface area (Å²) in [5.74, 6) is 0.0617. The molecule has 1 N–H and O–H groups in total. The molecule has 0 aromatic heterocycles. The largest absolute Gasteiger partial charge is 0.497 e. The van der Waals surface area contributed by atoms with Crippen LogP contribution in [-0.2, 0) is 14.8 Å². The van der Waals surface area contributed by atoms with Crippen LogP contribution < -0.4 is 14.4 Å². The number of hydrogen-bond acceptors (Lipinski definition) is 4. The highest BCUT2D eigenvalue weighted by Crippen LogP contribution is 2.27. The fourth-order valence-corrected chi connectivity index (χ4v) is 4.61. The van der Waals surface area contributed by atoms with Gasteiger partial charge in [0.1, 0.15) is 12.3 Å². The smallest absolute Gasteiger partial charge is 0.264 e. The molecule has 0 saturated carbocycles. The molecule has 0 radical (unpaired) electrons. The van der Waals surface area contributed by atoms with Crippen molar-refractivity contribution in [2.24, 2.45) is 0 Å². The van der Waals surface area contributed by atoms with Crippen molar-refractivity contribution in [2.45, 2.75) is 18.7 Å². The van der Waals surface area contributed by atoms with Gasteiger partial charge in [0, 0.05) is 10.7 Å². The average Bonchev–Trinajstić information content (AvgIpc) is 2.74. The molecule has 8 heteroatoms. The topological polar surface area (TPSA) is 75.7 Å². The number of aryl methyl sites for hydroxylation is 2. The summed E-state index contributed by atoms with van der Waals surface area (Å²) in [7, 11) is -2.54. The van der Waals surface area contributed by atoms with E-state index >= 15 is 0 Å². The van der Waals surface area contributed by atoms with Crippen LogP contribution in [0.15, 0.2) is 71.6 Å². The number of rotatable bonds is 7. The van der Waals surface area contributed by atoms with Gasteiger partial charge in [-0.25, -0.2) is 8.42 Å². The van der Waals surface area contributed by atoms with E-state index in [1.54, 1.807) is 30.3 Å². The van der Waals surface area contributed by atoms with Crippen molar-refractivity contribution in [2.75, 3.05) is 23.3 Å². The first-order valence-corrected chi connectivity index (χ1v) is 11.3. The van der Waals surface area contributed by atoms with Gasteiger partial charge in [0.25, 0.3) is 10.0 Å². The molecule has 162 valence electrons. The third-order valence-electron chi connectivity index (χ3n) is 4.70. The second kappa shape index (κ2) is 9.41. The van der Waals surface area contributed by atoms with Crippen LogP contribution in [0.25, 0.3) is 0 Å². The van der Waals surface area contributed by atoms with Crippen molar-refractivity contribution >= 4 is 38.9 Å². The second-order valence-corrected chi connectivity index (χ2v) is 9.33. The van der Waals surface area contributed by atoms with Crippen LogP contribution in [0, 0.1) is 13.8 Å². The molecular formula is C23H23ClN2O4S. The highest BCUT2D eigenvalue weighted by molar-refractivity contribution is 7.92. The fraction of sp³-hybridized carbons (Fsp3) is 0.174. The summed E-state index contributed by atoms with van der Waals surface area (Å²) >= 11 is 6.09. The lowest BCUT2D eigenvalue weighted by Gasteiger charge is -2.24. The lowest BCUT2D eigenvalue weighted by atomic mass is 10.1. The zero-order valence-electron chi connectivity index (χ0n) is 17.4. The standard InChI is InChI=1S/C23H23ClN2O4S/c1-16-7-8-17(2)22(13-16)25-23(27)15-26(19-6-4-5-18(24)14-19)31(28,29)21-11-9-20(30-3)10-12-21/h4-14H,15H2,1-3H3,(H,25,27). The zero-order chi connectivity index (χ0) is 22.6. The number of nitrogens with one attached hydrogen (secondary N) is 1. The number of carbonyl (C=O) groups excluding carboxylic acids is 1. The Balaban J connectivity index is 1.96. The number of carbonyl (C=O) groups is 1. The van der Waals surface area contributed by atoms with Gasteiger partial charge in [-0.15, -0.1) is 0 Å². The number of halogens is 1. The SMILES string of the molecule is COc1ccc(S(=O)(=O)N(CC(=O)Nc2cc(C)ccc2C)c2cccc(Cl)c2)cc1. The van der Waals surface area contributed by atoms with Gasteiger partial charge in [0.2, 0.25) is 5.91 Å². The summed E-state index contributed by atoms with van der Waals surface area (Å²) < 4.78 is 33.0. The quantitative estimate of drug-likeness (QED) is 0.551. The maximum Gasteiger partial charge on any atom is 0.264 e. The Bertz CT molecular complexity index is 1190. The first-order valence-electron chi connectivity index (χ1n) is 9.50. The van der Waals surface area contributed by atoms with E-state index in [0.29, 0.717) is 22.1 Å². The van der Waals surface area contributed by atoms with Crippen molar-refractivity contribution in [1.82, 2.24) is 0 Å². The van der Waals surface area contributed by atoms with Crippen LogP contribution in [0.3, 0.4) is 0 Å². The monoisotopic (exact) mass is 458 g/mol. The van der Waals surface area contributed by atoms with E-state index in [0.717, 1.165) is 15.4 Å². The number of methoxy groups -OCH3 is 1. The summed E-state index contributed by atoms with van der Waals surface area (Å²) in [6, 6.07) is 18.0. The molecule has 0 aliphatic rings. The molecule has 0 aliphatic heterocycles. The minimum atomic E-state index is -4.04. The third kappa shape index (κ3) is 5.37. The van der Waals surface area contributed by atoms with Crippen molar-refractivity contribution in [1.29, 1.82) is 0 Å². The average molecular weight is 459 g/mol. The number of amides is 1. The molecule has 1 amide bonds. The summed E-state index contributed by atoms with van der Waals surface area (Å²) in [5, 5.41) is 3.17. The van der Waals surface area contributed by atoms with Crippen molar-refractivity contribution in [3.63, 3.8) is 0 Å². The van der Waals surface area contributed by atoms with E-state index in [9.17, 15) is 13.2 Å². The van der Waals surface area contributed by atoms with Crippen LogP contribution >= 0.6 is 11.6 Å². The summed E-state index contributed by atoms with van der Waals surface area (Å²) in [5.41, 5.74) is 2.79. The van der Waals surface area contributed by atoms with Gasteiger partial charge in [0.15, 0.2) is 0 Å². The molecule has 0 bridgehead atoms. The van der Waals surface area contributed by atoms with Gasteiger partial charge in [-0.05, 0) is 73.5 Å². The summed E-state index contributed by atoms with van der Waals surface area (Å²) in [6.07, 6.45) is 0. The van der Waals surface area contributed by atoms with Crippen molar-refractivity contribution in [3.8, 4) is 5.75 Å². The Morgan fingerprint density at radius 2 is 1.74 bits per heavy atom. The van der Waals surface area contributed by atoms with E-state index in [1.165, 1.54) is 25.3 Å². The Morgan fingerprint density at radius 3 is 2.39 bits per heavy atom. The van der Waals surface area contributed by atoms with E-state index in [2.05, 4.69) is 5.32 Å². The van der Waals surface area contributed by atoms with E-state index < -0.39 is 22.5 Å². The van der Waals surface area contributed by atoms with Crippen LogP contribution in [0.5, 0.6) is 5.75 Å². The number of anilines is 2. The van der Waals surface area contributed by atoms with Gasteiger partial charge in [0.05, 0.1) is 17.7 Å². The Morgan fingerprint density at radius 1 is 1.03 bits per heavy atom. The lowest BCUT2D eigenvalue weighted by molar-refractivity contribution is -0.114. The second-order valence-electron chi connectivity index (χ2n) is 7.03. The van der Waals surface area contributed by atoms with E-state index in [1.807, 2.05) is 32.0 Å². The molecule has 3 rings (SSSR count). The Kier molecular flexibility index (Phi) is 6.87. The minimum absolute atomic E-state index is 0.0350. The van der Waals surface area contributed by atoms with Crippen LogP contribution in [-0.4, -0.2) is 28.0 Å². The van der Waals surface area contributed by atoms with Crippen LogP contribution in [0.4, 0.5) is 11.4 Å². The van der Waals surface area contributed by atoms with Gasteiger partial charge in [-0.2, -0.15) is 0 Å². The molecule has 0 atom stereocenters. The molecule has 3 aromatic carbocycles. The predicted molar refractivity (Wildman–Crippen MR) is 124 cm³/mol. The Hall–Kier alpha value is -3.03. The number of sulfonamides is 1. The molecule has 31 heavy (non-hydrogen) atoms. The molecule has 0 unspecified atom stereocenters. The molecule has 0 spiro atoms. The minimum Gasteiger partial charge on any atom is -0.497 e. The maximum absolute atomic E-state index is 13.4. The molecule has 0 saturated heterocycles. The first kappa shape index (κ1) is 22.7. The van der Waals surface area contributed by atoms with E-state index in [-0.39, 0.29) is 4.90 Å². The number of ether oxygens (including phenoxy) is 1. The highest BCUT2D eigenvalue weighted by Gasteiger charge is 2.27. The van der Waals surface area contributed by atoms with E-state index in [4.69, 9.17) is 16.3 Å². The molecule has 0 aliphatic carbocycles. The fourth-order valence-electron chi connectivity index (χ4n) is 3.01. The number of nitrogens with zero attached hydrogens (tertiary/aromatic N) is 1. The highest BCUT2D eigenvalue weighted by atomic mass is 35.5. The van der Waals surface area contributed by atoms with Crippen molar-refractivity contribution in [3.05, 3.63) is 82.9 Å². The Labute approximate surface area is 187 Å². The van der Waals surface area contributed by atoms with Crippen LogP contribution in [0.2, 0.25) is 5.02 Å². The molecule has 3 aromatic rings. The molecule has 0 fully saturated rings. The van der Waals surface area contributed by atoms with Gasteiger partial charge in [-0.3, -0.25) is 9.10 Å². The predicted octanol–water partition coefficient (Wildman–Crippen LogP) is 4.80. The number of hydrogen-bond donors (Lipinski definition) is 1. The van der Waals surface area contributed by atoms with Gasteiger partial charge >= 0.3 is 0 Å². The van der Waals surface area contributed by atoms with Crippen LogP contribution in [0.1, 0.15) is 11.1 Å². The van der Waals surface area contributed by atoms with Gasteiger partial charge < -0.3 is 10.1 Å². The first-order chi connectivity index (χ1) is 14.7. The van der Waals surface area contributed by atoms with Gasteiger partial charge in [-0.1, -0.05) is 29.8 Å². The molecule has 6 nitrogen and oxygen atoms in total. The molecular weight excluding hydrogens is 436 g/mol.